The molecule has 1 aliphatic carbocycles. The molecule has 2 heterocycles. The van der Waals surface area contributed by atoms with Crippen molar-refractivity contribution in [3.63, 3.8) is 0 Å². The number of nitrogens with zero attached hydrogens (tertiary/aromatic N) is 1. The van der Waals surface area contributed by atoms with E-state index in [9.17, 15) is 38.3 Å². The van der Waals surface area contributed by atoms with E-state index in [1.54, 1.807) is 37.3 Å². The van der Waals surface area contributed by atoms with Crippen LogP contribution in [0.15, 0.2) is 48.5 Å². The molecule has 2 aliphatic heterocycles. The molecule has 1 saturated carbocycles. The largest absolute Gasteiger partial charge is 0.391 e. The minimum atomic E-state index is -1.42. The van der Waals surface area contributed by atoms with Crippen molar-refractivity contribution >= 4 is 35.4 Å². The topological polar surface area (TPSA) is 186 Å². The monoisotopic (exact) mass is 678 g/mol. The number of carbonyl (C=O) groups is 6. The highest BCUT2D eigenvalue weighted by molar-refractivity contribution is 5.98. The smallest absolute Gasteiger partial charge is 0.251 e. The number of hydrogen-bond acceptors (Lipinski definition) is 7. The average molecular weight is 679 g/mol. The van der Waals surface area contributed by atoms with Gasteiger partial charge in [0, 0.05) is 30.6 Å². The molecule has 6 amide bonds. The molecule has 2 aromatic carbocycles. The number of aliphatic hydroxyl groups excluding tert-OH is 1. The second kappa shape index (κ2) is 15.1. The van der Waals surface area contributed by atoms with E-state index in [1.165, 1.54) is 30.9 Å². The Morgan fingerprint density at radius 2 is 1.69 bits per heavy atom. The van der Waals surface area contributed by atoms with Gasteiger partial charge in [-0.3, -0.25) is 28.8 Å². The molecule has 2 saturated heterocycles. The van der Waals surface area contributed by atoms with Crippen molar-refractivity contribution < 1.29 is 38.3 Å². The van der Waals surface area contributed by atoms with Gasteiger partial charge >= 0.3 is 0 Å². The SMILES string of the molecule is Cc1cc(F)cc(C(=O)N[C@@H]2C[C@H]3C(=O)N[C@@H](C)C(=O)N[C@@H]4CCC[C@H]4C(=O)N[C@@H]([C@@H](C)O)C(=O)N[C@@H](Cc4ccccc4)C(=O)N3C2)c1. The number of benzene rings is 2. The molecule has 13 nitrogen and oxygen atoms in total. The maximum Gasteiger partial charge on any atom is 0.251 e. The summed E-state index contributed by atoms with van der Waals surface area (Å²) >= 11 is 0. The summed E-state index contributed by atoms with van der Waals surface area (Å²) in [5.41, 5.74) is 1.31. The minimum Gasteiger partial charge on any atom is -0.391 e. The van der Waals surface area contributed by atoms with E-state index in [-0.39, 0.29) is 24.9 Å². The van der Waals surface area contributed by atoms with Gasteiger partial charge in [0.25, 0.3) is 5.91 Å². The average Bonchev–Trinajstić information content (AvgIpc) is 3.69. The van der Waals surface area contributed by atoms with Crippen molar-refractivity contribution in [1.29, 1.82) is 0 Å². The molecule has 8 atom stereocenters. The fraction of sp³-hybridized carbons (Fsp3) is 0.486. The highest BCUT2D eigenvalue weighted by atomic mass is 19.1. The van der Waals surface area contributed by atoms with Gasteiger partial charge < -0.3 is 36.6 Å². The van der Waals surface area contributed by atoms with Crippen molar-refractivity contribution in [3.05, 3.63) is 71.0 Å². The van der Waals surface area contributed by atoms with Crippen LogP contribution in [0.3, 0.4) is 0 Å². The maximum absolute atomic E-state index is 14.4. The molecule has 0 aromatic heterocycles. The highest BCUT2D eigenvalue weighted by Crippen LogP contribution is 2.27. The lowest BCUT2D eigenvalue weighted by molar-refractivity contribution is -0.143. The fourth-order valence-corrected chi connectivity index (χ4v) is 6.88. The van der Waals surface area contributed by atoms with Gasteiger partial charge in [0.15, 0.2) is 0 Å². The number of rotatable bonds is 5. The van der Waals surface area contributed by atoms with Crippen molar-refractivity contribution in [1.82, 2.24) is 31.5 Å². The molecule has 49 heavy (non-hydrogen) atoms. The molecule has 262 valence electrons. The van der Waals surface area contributed by atoms with Crippen LogP contribution in [-0.4, -0.2) is 94.3 Å². The van der Waals surface area contributed by atoms with Crippen molar-refractivity contribution in [3.8, 4) is 0 Å². The Bertz CT molecular complexity index is 1580. The summed E-state index contributed by atoms with van der Waals surface area (Å²) in [6.07, 6.45) is 0.255. The lowest BCUT2D eigenvalue weighted by Gasteiger charge is -2.32. The second-order valence-corrected chi connectivity index (χ2v) is 13.3. The Labute approximate surface area is 283 Å². The Kier molecular flexibility index (Phi) is 11.0. The van der Waals surface area contributed by atoms with Gasteiger partial charge in [-0.25, -0.2) is 4.39 Å². The second-order valence-electron chi connectivity index (χ2n) is 13.3. The molecule has 3 fully saturated rings. The van der Waals surface area contributed by atoms with Gasteiger partial charge in [-0.15, -0.1) is 0 Å². The van der Waals surface area contributed by atoms with Crippen LogP contribution in [0.25, 0.3) is 0 Å². The first-order chi connectivity index (χ1) is 23.3. The third kappa shape index (κ3) is 8.42. The number of nitrogens with one attached hydrogen (secondary N) is 5. The zero-order chi connectivity index (χ0) is 35.4. The molecule has 0 unspecified atom stereocenters. The van der Waals surface area contributed by atoms with E-state index >= 15 is 0 Å². The first-order valence-electron chi connectivity index (χ1n) is 16.6. The third-order valence-electron chi connectivity index (χ3n) is 9.42. The summed E-state index contributed by atoms with van der Waals surface area (Å²) < 4.78 is 14.1. The van der Waals surface area contributed by atoms with Gasteiger partial charge in [-0.2, -0.15) is 0 Å². The Morgan fingerprint density at radius 3 is 2.39 bits per heavy atom. The number of fused-ring (bicyclic) bond motifs is 2. The Hall–Kier alpha value is -4.85. The molecule has 0 spiro atoms. The fourth-order valence-electron chi connectivity index (χ4n) is 6.88. The van der Waals surface area contributed by atoms with Gasteiger partial charge in [0.2, 0.25) is 29.5 Å². The molecule has 0 radical (unpaired) electrons. The van der Waals surface area contributed by atoms with Crippen LogP contribution < -0.4 is 26.6 Å². The minimum absolute atomic E-state index is 0.0137. The van der Waals surface area contributed by atoms with E-state index in [2.05, 4.69) is 26.6 Å². The number of hydrogen-bond donors (Lipinski definition) is 6. The van der Waals surface area contributed by atoms with E-state index < -0.39 is 89.5 Å². The molecular weight excluding hydrogens is 635 g/mol. The van der Waals surface area contributed by atoms with Gasteiger partial charge in [-0.1, -0.05) is 36.8 Å². The molecule has 6 N–H and O–H groups in total. The van der Waals surface area contributed by atoms with Crippen LogP contribution in [0.4, 0.5) is 4.39 Å². The maximum atomic E-state index is 14.4. The first kappa shape index (κ1) is 35.5. The predicted octanol–water partition coefficient (Wildman–Crippen LogP) is 0.230. The van der Waals surface area contributed by atoms with Crippen LogP contribution in [0.1, 0.15) is 61.0 Å². The van der Waals surface area contributed by atoms with Crippen molar-refractivity contribution in [2.75, 3.05) is 6.54 Å². The molecule has 5 rings (SSSR count). The lowest BCUT2D eigenvalue weighted by atomic mass is 10.00. The molecular formula is C35H43FN6O7. The molecule has 2 aromatic rings. The summed E-state index contributed by atoms with van der Waals surface area (Å²) in [6.45, 7) is 4.37. The van der Waals surface area contributed by atoms with E-state index in [4.69, 9.17) is 0 Å². The zero-order valence-electron chi connectivity index (χ0n) is 27.7. The summed E-state index contributed by atoms with van der Waals surface area (Å²) in [5, 5.41) is 24.2. The predicted molar refractivity (Wildman–Crippen MR) is 175 cm³/mol. The van der Waals surface area contributed by atoms with Crippen LogP contribution in [-0.2, 0) is 30.4 Å². The molecule has 0 bridgehead atoms. The first-order valence-corrected chi connectivity index (χ1v) is 16.6. The van der Waals surface area contributed by atoms with Gasteiger partial charge in [-0.05, 0) is 69.4 Å². The van der Waals surface area contributed by atoms with Crippen LogP contribution in [0.2, 0.25) is 0 Å². The normalized spacial score (nSPS) is 28.8. The molecule has 3 aliphatic rings. The van der Waals surface area contributed by atoms with E-state index in [1.807, 2.05) is 0 Å². The zero-order valence-corrected chi connectivity index (χ0v) is 27.7. The van der Waals surface area contributed by atoms with Gasteiger partial charge in [0.1, 0.15) is 30.0 Å². The standard InChI is InChI=1S/C35H43FN6O7/c1-18-12-22(15-23(36)13-18)31(45)38-24-16-28-33(47)37-19(2)30(44)39-26-11-7-10-25(26)32(46)41-29(20(3)43)34(48)40-27(35(49)42(28)17-24)14-21-8-5-4-6-9-21/h4-6,8-9,12-13,15,19-20,24-29,43H,7,10-11,14,16-17H2,1-3H3,(H,37,47)(H,38,45)(H,39,44)(H,40,48)(H,41,46)/t19-,20+,24+,25+,26+,27-,28-,29-/m0/s1. The molecule has 14 heteroatoms. The van der Waals surface area contributed by atoms with Crippen LogP contribution in [0.5, 0.6) is 0 Å². The third-order valence-corrected chi connectivity index (χ3v) is 9.42. The van der Waals surface area contributed by atoms with Crippen LogP contribution >= 0.6 is 0 Å². The van der Waals surface area contributed by atoms with E-state index in [0.717, 1.165) is 6.07 Å². The summed E-state index contributed by atoms with van der Waals surface area (Å²) in [7, 11) is 0. The van der Waals surface area contributed by atoms with E-state index in [0.29, 0.717) is 30.4 Å². The van der Waals surface area contributed by atoms with Crippen molar-refractivity contribution in [2.45, 2.75) is 95.2 Å². The number of aryl methyl sites for hydroxylation is 1. The Balaban J connectivity index is 1.49. The van der Waals surface area contributed by atoms with Crippen molar-refractivity contribution in [2.24, 2.45) is 5.92 Å². The number of amides is 6. The summed E-state index contributed by atoms with van der Waals surface area (Å²) in [4.78, 5) is 82.9. The summed E-state index contributed by atoms with van der Waals surface area (Å²) in [6, 6.07) is 6.65. The number of aliphatic hydroxyl groups is 1. The lowest BCUT2D eigenvalue weighted by Crippen LogP contribution is -2.61. The van der Waals surface area contributed by atoms with Crippen LogP contribution in [0, 0.1) is 18.7 Å². The van der Waals surface area contributed by atoms with Gasteiger partial charge in [0.05, 0.1) is 12.0 Å². The summed E-state index contributed by atoms with van der Waals surface area (Å²) in [5.74, 6) is -5.00. The Morgan fingerprint density at radius 1 is 0.959 bits per heavy atom. The highest BCUT2D eigenvalue weighted by Gasteiger charge is 2.45. The quantitative estimate of drug-likeness (QED) is 0.261. The number of carbonyl (C=O) groups excluding carboxylic acids is 6. The number of halogens is 1.